The maximum absolute atomic E-state index is 13.2. The highest BCUT2D eigenvalue weighted by Crippen LogP contribution is 2.17. The van der Waals surface area contributed by atoms with Crippen LogP contribution in [0.25, 0.3) is 11.0 Å². The van der Waals surface area contributed by atoms with E-state index in [-0.39, 0.29) is 0 Å². The molecule has 1 heterocycles. The van der Waals surface area contributed by atoms with Crippen LogP contribution in [0.5, 0.6) is 0 Å². The highest BCUT2D eigenvalue weighted by molar-refractivity contribution is 5.75. The van der Waals surface area contributed by atoms with Crippen molar-refractivity contribution < 1.29 is 8.78 Å². The zero-order valence-electron chi connectivity index (χ0n) is 11.3. The quantitative estimate of drug-likeness (QED) is 0.815. The molecule has 2 rings (SSSR count). The van der Waals surface area contributed by atoms with E-state index < -0.39 is 11.6 Å². The average molecular weight is 267 g/mol. The molecule has 1 aromatic carbocycles. The molecule has 0 fully saturated rings. The van der Waals surface area contributed by atoms with Gasteiger partial charge in [0.05, 0.1) is 17.4 Å². The number of hydrogen-bond donors (Lipinski definition) is 1. The van der Waals surface area contributed by atoms with Crippen LogP contribution >= 0.6 is 0 Å². The molecule has 0 saturated carbocycles. The van der Waals surface area contributed by atoms with E-state index in [9.17, 15) is 8.78 Å². The molecule has 0 aliphatic carbocycles. The molecule has 0 atom stereocenters. The summed E-state index contributed by atoms with van der Waals surface area (Å²) in [4.78, 5) is 4.08. The van der Waals surface area contributed by atoms with Crippen molar-refractivity contribution in [2.45, 2.75) is 26.8 Å². The van der Waals surface area contributed by atoms with Gasteiger partial charge in [0.1, 0.15) is 0 Å². The van der Waals surface area contributed by atoms with Crippen LogP contribution in [0.1, 0.15) is 20.3 Å². The molecule has 0 aliphatic heterocycles. The first kappa shape index (κ1) is 13.9. The monoisotopic (exact) mass is 267 g/mol. The second-order valence-corrected chi connectivity index (χ2v) is 5.14. The lowest BCUT2D eigenvalue weighted by Crippen LogP contribution is -2.21. The van der Waals surface area contributed by atoms with Gasteiger partial charge in [-0.1, -0.05) is 13.8 Å². The first-order valence-corrected chi connectivity index (χ1v) is 6.58. The number of nitrogens with one attached hydrogen (secondary N) is 1. The van der Waals surface area contributed by atoms with Crippen molar-refractivity contribution in [3.05, 3.63) is 30.1 Å². The molecule has 0 radical (unpaired) electrons. The number of nitrogens with zero attached hydrogens (tertiary/aromatic N) is 2. The predicted molar refractivity (Wildman–Crippen MR) is 72.0 cm³/mol. The Morgan fingerprint density at radius 2 is 2.00 bits per heavy atom. The Bertz CT molecular complexity index is 549. The minimum absolute atomic E-state index is 0.494. The Kier molecular flexibility index (Phi) is 4.47. The molecule has 0 aliphatic rings. The van der Waals surface area contributed by atoms with E-state index in [0.717, 1.165) is 32.1 Å². The number of halogens is 2. The summed E-state index contributed by atoms with van der Waals surface area (Å²) in [6, 6.07) is 2.34. The van der Waals surface area contributed by atoms with Crippen LogP contribution in [0.2, 0.25) is 0 Å². The molecule has 0 saturated heterocycles. The van der Waals surface area contributed by atoms with Crippen molar-refractivity contribution in [2.75, 3.05) is 13.1 Å². The molecule has 1 N–H and O–H groups in total. The Labute approximate surface area is 111 Å². The van der Waals surface area contributed by atoms with E-state index in [1.807, 2.05) is 4.57 Å². The van der Waals surface area contributed by atoms with Crippen LogP contribution in [-0.2, 0) is 6.54 Å². The van der Waals surface area contributed by atoms with Gasteiger partial charge in [0.2, 0.25) is 0 Å². The topological polar surface area (TPSA) is 29.9 Å². The zero-order valence-corrected chi connectivity index (χ0v) is 11.3. The second-order valence-electron chi connectivity index (χ2n) is 5.14. The molecule has 2 aromatic rings. The number of aromatic nitrogens is 2. The number of rotatable bonds is 6. The van der Waals surface area contributed by atoms with Gasteiger partial charge in [-0.25, -0.2) is 13.8 Å². The van der Waals surface area contributed by atoms with E-state index in [2.05, 4.69) is 24.1 Å². The first-order chi connectivity index (χ1) is 9.08. The molecular weight excluding hydrogens is 248 g/mol. The van der Waals surface area contributed by atoms with Gasteiger partial charge in [0, 0.05) is 18.7 Å². The summed E-state index contributed by atoms with van der Waals surface area (Å²) < 4.78 is 28.1. The minimum Gasteiger partial charge on any atom is -0.330 e. The average Bonchev–Trinajstić information content (AvgIpc) is 2.72. The number of fused-ring (bicyclic) bond motifs is 1. The van der Waals surface area contributed by atoms with Gasteiger partial charge < -0.3 is 9.88 Å². The Balaban J connectivity index is 1.96. The van der Waals surface area contributed by atoms with Gasteiger partial charge in [0.25, 0.3) is 0 Å². The van der Waals surface area contributed by atoms with Gasteiger partial charge in [-0.15, -0.1) is 0 Å². The van der Waals surface area contributed by atoms with Gasteiger partial charge in [-0.3, -0.25) is 0 Å². The lowest BCUT2D eigenvalue weighted by atomic mass is 10.2. The fourth-order valence-corrected chi connectivity index (χ4v) is 2.00. The van der Waals surface area contributed by atoms with Crippen molar-refractivity contribution in [3.8, 4) is 0 Å². The van der Waals surface area contributed by atoms with Crippen molar-refractivity contribution in [1.29, 1.82) is 0 Å². The third-order valence-electron chi connectivity index (χ3n) is 2.97. The molecule has 5 heteroatoms. The SMILES string of the molecule is CC(C)CNCCCn1cnc2cc(F)c(F)cc21. The van der Waals surface area contributed by atoms with Crippen molar-refractivity contribution in [1.82, 2.24) is 14.9 Å². The summed E-state index contributed by atoms with van der Waals surface area (Å²) in [7, 11) is 0. The van der Waals surface area contributed by atoms with Crippen LogP contribution in [0.15, 0.2) is 18.5 Å². The molecule has 3 nitrogen and oxygen atoms in total. The smallest absolute Gasteiger partial charge is 0.161 e. The van der Waals surface area contributed by atoms with Crippen LogP contribution in [0, 0.1) is 17.6 Å². The molecule has 0 amide bonds. The Hall–Kier alpha value is -1.49. The highest BCUT2D eigenvalue weighted by Gasteiger charge is 2.08. The lowest BCUT2D eigenvalue weighted by Gasteiger charge is -2.08. The molecular formula is C14H19F2N3. The number of imidazole rings is 1. The normalized spacial score (nSPS) is 11.6. The summed E-state index contributed by atoms with van der Waals surface area (Å²) in [5.41, 5.74) is 1.14. The zero-order chi connectivity index (χ0) is 13.8. The van der Waals surface area contributed by atoms with Crippen molar-refractivity contribution >= 4 is 11.0 Å². The van der Waals surface area contributed by atoms with Crippen molar-refractivity contribution in [3.63, 3.8) is 0 Å². The maximum atomic E-state index is 13.2. The van der Waals surface area contributed by atoms with Crippen molar-refractivity contribution in [2.24, 2.45) is 5.92 Å². The molecule has 0 bridgehead atoms. The van der Waals surface area contributed by atoms with Crippen LogP contribution in [0.3, 0.4) is 0 Å². The molecule has 19 heavy (non-hydrogen) atoms. The van der Waals surface area contributed by atoms with Gasteiger partial charge >= 0.3 is 0 Å². The molecule has 0 unspecified atom stereocenters. The summed E-state index contributed by atoms with van der Waals surface area (Å²) >= 11 is 0. The Morgan fingerprint density at radius 1 is 1.26 bits per heavy atom. The molecule has 104 valence electrons. The summed E-state index contributed by atoms with van der Waals surface area (Å²) in [5.74, 6) is -1.05. The van der Waals surface area contributed by atoms with Gasteiger partial charge in [0.15, 0.2) is 11.6 Å². The third kappa shape index (κ3) is 3.50. The fraction of sp³-hybridized carbons (Fsp3) is 0.500. The molecule has 0 spiro atoms. The number of benzene rings is 1. The summed E-state index contributed by atoms with van der Waals surface area (Å²) in [6.07, 6.45) is 2.56. The standard InChI is InChI=1S/C14H19F2N3/c1-10(2)8-17-4-3-5-19-9-18-13-6-11(15)12(16)7-14(13)19/h6-7,9-10,17H,3-5,8H2,1-2H3. The number of aryl methyl sites for hydroxylation is 1. The number of hydrogen-bond acceptors (Lipinski definition) is 2. The molecule has 1 aromatic heterocycles. The van der Waals surface area contributed by atoms with Crippen LogP contribution in [0.4, 0.5) is 8.78 Å². The largest absolute Gasteiger partial charge is 0.330 e. The summed E-state index contributed by atoms with van der Waals surface area (Å²) in [6.45, 7) is 6.96. The van der Waals surface area contributed by atoms with Gasteiger partial charge in [-0.2, -0.15) is 0 Å². The third-order valence-corrected chi connectivity index (χ3v) is 2.97. The first-order valence-electron chi connectivity index (χ1n) is 6.58. The van der Waals surface area contributed by atoms with E-state index in [1.165, 1.54) is 6.07 Å². The summed E-state index contributed by atoms with van der Waals surface area (Å²) in [5, 5.41) is 3.35. The minimum atomic E-state index is -0.851. The highest BCUT2D eigenvalue weighted by atomic mass is 19.2. The van der Waals surface area contributed by atoms with Gasteiger partial charge in [-0.05, 0) is 25.4 Å². The van der Waals surface area contributed by atoms with E-state index in [4.69, 9.17) is 0 Å². The second kappa shape index (κ2) is 6.10. The lowest BCUT2D eigenvalue weighted by molar-refractivity contribution is 0.509. The predicted octanol–water partition coefficient (Wildman–Crippen LogP) is 2.95. The Morgan fingerprint density at radius 3 is 2.74 bits per heavy atom. The van der Waals surface area contributed by atoms with E-state index >= 15 is 0 Å². The van der Waals surface area contributed by atoms with E-state index in [1.54, 1.807) is 6.33 Å². The van der Waals surface area contributed by atoms with Crippen LogP contribution in [-0.4, -0.2) is 22.6 Å². The van der Waals surface area contributed by atoms with E-state index in [0.29, 0.717) is 17.0 Å². The fourth-order valence-electron chi connectivity index (χ4n) is 2.00. The van der Waals surface area contributed by atoms with Crippen LogP contribution < -0.4 is 5.32 Å². The maximum Gasteiger partial charge on any atom is 0.161 e.